The van der Waals surface area contributed by atoms with Crippen molar-refractivity contribution in [3.8, 4) is 5.75 Å². The van der Waals surface area contributed by atoms with Crippen molar-refractivity contribution < 1.29 is 17.9 Å². The molecular formula is C20H24F3N7OS. The molecule has 12 heteroatoms. The van der Waals surface area contributed by atoms with Crippen molar-refractivity contribution in [3.05, 3.63) is 24.2 Å². The minimum Gasteiger partial charge on any atom is -0.490 e. The first-order valence-corrected chi connectivity index (χ1v) is 11.5. The average Bonchev–Trinajstić information content (AvgIpc) is 3.41. The lowest BCUT2D eigenvalue weighted by Crippen LogP contribution is -2.48. The van der Waals surface area contributed by atoms with Crippen LogP contribution in [0.2, 0.25) is 0 Å². The Morgan fingerprint density at radius 3 is 2.69 bits per heavy atom. The van der Waals surface area contributed by atoms with Crippen LogP contribution in [0.25, 0.3) is 5.65 Å². The van der Waals surface area contributed by atoms with E-state index in [1.165, 1.54) is 11.5 Å². The van der Waals surface area contributed by atoms with Gasteiger partial charge in [-0.2, -0.15) is 22.5 Å². The van der Waals surface area contributed by atoms with Crippen LogP contribution in [-0.4, -0.2) is 55.9 Å². The fraction of sp³-hybridized carbons (Fsp3) is 0.600. The van der Waals surface area contributed by atoms with Crippen molar-refractivity contribution in [3.63, 3.8) is 0 Å². The lowest BCUT2D eigenvalue weighted by Gasteiger charge is -2.37. The lowest BCUT2D eigenvalue weighted by atomic mass is 9.92. The van der Waals surface area contributed by atoms with Gasteiger partial charge in [-0.15, -0.1) is 5.10 Å². The SMILES string of the molecule is Cc1nsc(N2CC3CC[C@@H](C2)C3Nc2nc3c(OCCCC(F)(F)F)cccn3n2)n1. The van der Waals surface area contributed by atoms with Gasteiger partial charge in [0.25, 0.3) is 0 Å². The van der Waals surface area contributed by atoms with E-state index in [9.17, 15) is 13.2 Å². The molecule has 1 aliphatic heterocycles. The third-order valence-electron chi connectivity index (χ3n) is 6.11. The fourth-order valence-electron chi connectivity index (χ4n) is 4.69. The number of fused-ring (bicyclic) bond motifs is 3. The van der Waals surface area contributed by atoms with Crippen LogP contribution in [0, 0.1) is 18.8 Å². The molecule has 2 bridgehead atoms. The normalized spacial score (nSPS) is 23.1. The van der Waals surface area contributed by atoms with Gasteiger partial charge in [-0.1, -0.05) is 0 Å². The van der Waals surface area contributed by atoms with Crippen LogP contribution >= 0.6 is 11.5 Å². The highest BCUT2D eigenvalue weighted by atomic mass is 32.1. The number of ether oxygens (including phenoxy) is 1. The molecule has 4 heterocycles. The number of alkyl halides is 3. The van der Waals surface area contributed by atoms with Crippen molar-refractivity contribution in [2.75, 3.05) is 29.9 Å². The van der Waals surface area contributed by atoms with E-state index in [0.717, 1.165) is 36.9 Å². The van der Waals surface area contributed by atoms with Gasteiger partial charge >= 0.3 is 6.18 Å². The summed E-state index contributed by atoms with van der Waals surface area (Å²) in [5.41, 5.74) is 0.496. The number of rotatable bonds is 7. The number of nitrogens with zero attached hydrogens (tertiary/aromatic N) is 6. The molecule has 0 amide bonds. The van der Waals surface area contributed by atoms with E-state index in [1.807, 2.05) is 6.92 Å². The molecule has 2 unspecified atom stereocenters. The first-order valence-electron chi connectivity index (χ1n) is 10.7. The van der Waals surface area contributed by atoms with Gasteiger partial charge in [0.2, 0.25) is 11.1 Å². The van der Waals surface area contributed by atoms with Gasteiger partial charge in [-0.3, -0.25) is 0 Å². The molecule has 0 radical (unpaired) electrons. The maximum Gasteiger partial charge on any atom is 0.389 e. The summed E-state index contributed by atoms with van der Waals surface area (Å²) in [6.07, 6.45) is -1.11. The van der Waals surface area contributed by atoms with Crippen LogP contribution in [0.3, 0.4) is 0 Å². The van der Waals surface area contributed by atoms with Crippen molar-refractivity contribution in [1.29, 1.82) is 0 Å². The molecule has 32 heavy (non-hydrogen) atoms. The summed E-state index contributed by atoms with van der Waals surface area (Å²) in [4.78, 5) is 11.4. The van der Waals surface area contributed by atoms with Crippen molar-refractivity contribution >= 4 is 28.3 Å². The highest BCUT2D eigenvalue weighted by Crippen LogP contribution is 2.40. The number of halogens is 3. The predicted molar refractivity (Wildman–Crippen MR) is 114 cm³/mol. The smallest absolute Gasteiger partial charge is 0.389 e. The largest absolute Gasteiger partial charge is 0.490 e. The molecule has 1 saturated carbocycles. The van der Waals surface area contributed by atoms with Gasteiger partial charge in [0, 0.05) is 43.3 Å². The summed E-state index contributed by atoms with van der Waals surface area (Å²) in [7, 11) is 0. The molecule has 1 N–H and O–H groups in total. The molecule has 2 fully saturated rings. The highest BCUT2D eigenvalue weighted by Gasteiger charge is 2.43. The number of pyridine rings is 1. The first-order chi connectivity index (χ1) is 15.4. The number of piperidine rings is 1. The van der Waals surface area contributed by atoms with Crippen LogP contribution in [0.4, 0.5) is 24.3 Å². The van der Waals surface area contributed by atoms with Gasteiger partial charge in [-0.25, -0.2) is 9.50 Å². The Kier molecular flexibility index (Phi) is 5.56. The predicted octanol–water partition coefficient (Wildman–Crippen LogP) is 3.94. The molecule has 8 nitrogen and oxygen atoms in total. The second-order valence-electron chi connectivity index (χ2n) is 8.44. The van der Waals surface area contributed by atoms with E-state index >= 15 is 0 Å². The lowest BCUT2D eigenvalue weighted by molar-refractivity contribution is -0.136. The zero-order valence-corrected chi connectivity index (χ0v) is 18.4. The number of aromatic nitrogens is 5. The van der Waals surface area contributed by atoms with Gasteiger partial charge in [0.1, 0.15) is 5.82 Å². The van der Waals surface area contributed by atoms with E-state index in [0.29, 0.717) is 29.2 Å². The molecule has 3 atom stereocenters. The zero-order valence-electron chi connectivity index (χ0n) is 17.5. The molecule has 2 aliphatic rings. The van der Waals surface area contributed by atoms with Crippen molar-refractivity contribution in [1.82, 2.24) is 24.0 Å². The van der Waals surface area contributed by atoms with Crippen LogP contribution < -0.4 is 15.0 Å². The highest BCUT2D eigenvalue weighted by molar-refractivity contribution is 7.09. The molecule has 172 valence electrons. The summed E-state index contributed by atoms with van der Waals surface area (Å²) in [6.45, 7) is 3.72. The number of nitrogens with one attached hydrogen (secondary N) is 1. The maximum atomic E-state index is 12.4. The zero-order chi connectivity index (χ0) is 22.3. The van der Waals surface area contributed by atoms with Gasteiger partial charge in [0.05, 0.1) is 6.61 Å². The number of hydrogen-bond acceptors (Lipinski definition) is 8. The van der Waals surface area contributed by atoms with E-state index in [-0.39, 0.29) is 19.1 Å². The van der Waals surface area contributed by atoms with Crippen LogP contribution in [-0.2, 0) is 0 Å². The van der Waals surface area contributed by atoms with Crippen LogP contribution in [0.15, 0.2) is 18.3 Å². The Labute approximate surface area is 187 Å². The first kappa shape index (κ1) is 21.2. The Balaban J connectivity index is 1.25. The summed E-state index contributed by atoms with van der Waals surface area (Å²) in [6, 6.07) is 3.72. The quantitative estimate of drug-likeness (QED) is 0.527. The van der Waals surface area contributed by atoms with Gasteiger partial charge in [0.15, 0.2) is 11.4 Å². The molecule has 1 saturated heterocycles. The Hall–Kier alpha value is -2.63. The molecular weight excluding hydrogens is 443 g/mol. The second kappa shape index (κ2) is 8.38. The maximum absolute atomic E-state index is 12.4. The minimum absolute atomic E-state index is 0.0253. The molecule has 1 aliphatic carbocycles. The molecule has 0 spiro atoms. The average molecular weight is 468 g/mol. The van der Waals surface area contributed by atoms with Crippen molar-refractivity contribution in [2.24, 2.45) is 11.8 Å². The monoisotopic (exact) mass is 467 g/mol. The second-order valence-corrected chi connectivity index (χ2v) is 9.17. The molecule has 3 aromatic heterocycles. The van der Waals surface area contributed by atoms with Crippen LogP contribution in [0.5, 0.6) is 5.75 Å². The third kappa shape index (κ3) is 4.45. The molecule has 0 aromatic carbocycles. The number of anilines is 2. The van der Waals surface area contributed by atoms with Gasteiger partial charge < -0.3 is 15.0 Å². The number of aryl methyl sites for hydroxylation is 1. The summed E-state index contributed by atoms with van der Waals surface area (Å²) < 4.78 is 48.5. The van der Waals surface area contributed by atoms with Crippen molar-refractivity contribution in [2.45, 2.75) is 44.8 Å². The molecule has 5 rings (SSSR count). The summed E-state index contributed by atoms with van der Waals surface area (Å²) in [5, 5.41) is 9.01. The topological polar surface area (TPSA) is 80.5 Å². The number of hydrogen-bond donors (Lipinski definition) is 1. The Morgan fingerprint density at radius 1 is 1.22 bits per heavy atom. The summed E-state index contributed by atoms with van der Waals surface area (Å²) in [5.74, 6) is 2.67. The van der Waals surface area contributed by atoms with Crippen LogP contribution in [0.1, 0.15) is 31.5 Å². The standard InChI is InChI=1S/C20H24F3N7OS/c1-12-24-19(32-28-12)29-10-13-5-6-14(11-29)16(13)25-18-26-17-15(4-2-8-30(17)27-18)31-9-3-7-20(21,22)23/h2,4,8,13-14,16H,3,5-7,9-11H2,1H3,(H,25,27)/t13-,14?,16?/m0/s1. The summed E-state index contributed by atoms with van der Waals surface area (Å²) >= 11 is 1.45. The third-order valence-corrected chi connectivity index (χ3v) is 6.97. The van der Waals surface area contributed by atoms with E-state index < -0.39 is 12.6 Å². The van der Waals surface area contributed by atoms with E-state index in [2.05, 4.69) is 29.7 Å². The Morgan fingerprint density at radius 2 is 2.00 bits per heavy atom. The minimum atomic E-state index is -4.18. The molecule has 3 aromatic rings. The Bertz CT molecular complexity index is 1070. The van der Waals surface area contributed by atoms with E-state index in [1.54, 1.807) is 22.8 Å². The fourth-order valence-corrected chi connectivity index (χ4v) is 5.38. The van der Waals surface area contributed by atoms with E-state index in [4.69, 9.17) is 4.74 Å². The van der Waals surface area contributed by atoms with Gasteiger partial charge in [-0.05, 0) is 50.2 Å².